The fraction of sp³-hybridized carbons (Fsp3) is 0.667. The number of hydrogen-bond donors (Lipinski definition) is 3. The fourth-order valence-electron chi connectivity index (χ4n) is 1.43. The number of aromatic nitrogens is 3. The van der Waals surface area contributed by atoms with Crippen molar-refractivity contribution in [1.82, 2.24) is 26.0 Å². The molecule has 0 spiro atoms. The Hall–Kier alpha value is -0.700. The van der Waals surface area contributed by atoms with E-state index in [1.54, 1.807) is 0 Å². The van der Waals surface area contributed by atoms with Crippen molar-refractivity contribution in [2.45, 2.75) is 18.1 Å². The Morgan fingerprint density at radius 3 is 2.73 bits per heavy atom. The summed E-state index contributed by atoms with van der Waals surface area (Å²) in [6, 6.07) is -0.0790. The molecule has 1 aliphatic rings. The van der Waals surface area contributed by atoms with Gasteiger partial charge in [-0.1, -0.05) is 6.92 Å². The van der Waals surface area contributed by atoms with Crippen LogP contribution < -0.4 is 10.9 Å². The molecule has 7 nitrogen and oxygen atoms in total. The number of hydrogen-bond acceptors (Lipinski definition) is 6. The zero-order valence-electron chi connectivity index (χ0n) is 7.86. The average Bonchev–Trinajstić information content (AvgIpc) is 2.69. The van der Waals surface area contributed by atoms with Crippen molar-refractivity contribution in [2.24, 2.45) is 5.92 Å². The first-order chi connectivity index (χ1) is 6.98. The van der Waals surface area contributed by atoms with Crippen LogP contribution in [-0.4, -0.2) is 30.1 Å². The fourth-order valence-corrected chi connectivity index (χ4v) is 2.00. The third-order valence-electron chi connectivity index (χ3n) is 2.25. The second kappa shape index (κ2) is 3.71. The first-order valence-electron chi connectivity index (χ1n) is 4.34. The molecule has 0 bridgehead atoms. The smallest absolute Gasteiger partial charge is 0.261 e. The van der Waals surface area contributed by atoms with E-state index in [9.17, 15) is 8.42 Å². The van der Waals surface area contributed by atoms with Crippen LogP contribution >= 0.6 is 10.7 Å². The van der Waals surface area contributed by atoms with Crippen LogP contribution in [0.15, 0.2) is 5.16 Å². The van der Waals surface area contributed by atoms with Gasteiger partial charge in [-0.15, -0.1) is 5.10 Å². The minimum absolute atomic E-state index is 0.0790. The van der Waals surface area contributed by atoms with E-state index in [4.69, 9.17) is 10.7 Å². The highest BCUT2D eigenvalue weighted by Gasteiger charge is 2.28. The van der Waals surface area contributed by atoms with Gasteiger partial charge in [-0.3, -0.25) is 10.5 Å². The van der Waals surface area contributed by atoms with Gasteiger partial charge in [0.25, 0.3) is 14.2 Å². The Labute approximate surface area is 91.0 Å². The molecule has 0 aliphatic carbocycles. The van der Waals surface area contributed by atoms with E-state index in [0.717, 1.165) is 6.54 Å². The number of nitrogens with zero attached hydrogens (tertiary/aromatic N) is 2. The van der Waals surface area contributed by atoms with E-state index in [2.05, 4.69) is 26.0 Å². The summed E-state index contributed by atoms with van der Waals surface area (Å²) in [6.45, 7) is 2.80. The number of rotatable bonds is 2. The van der Waals surface area contributed by atoms with Crippen molar-refractivity contribution < 1.29 is 8.42 Å². The Balaban J connectivity index is 2.28. The number of hydrazine groups is 1. The molecular weight excluding hydrogens is 242 g/mol. The molecule has 1 saturated heterocycles. The molecule has 84 valence electrons. The molecule has 2 rings (SSSR count). The monoisotopic (exact) mass is 251 g/mol. The lowest BCUT2D eigenvalue weighted by molar-refractivity contribution is 0.483. The molecule has 1 aliphatic heterocycles. The topological polar surface area (TPSA) is 99.8 Å². The van der Waals surface area contributed by atoms with E-state index in [1.165, 1.54) is 0 Å². The zero-order chi connectivity index (χ0) is 11.1. The SMILES string of the molecule is CC1CNNC1c1nc(S(=O)(=O)Cl)n[nH]1. The minimum atomic E-state index is -3.86. The van der Waals surface area contributed by atoms with Gasteiger partial charge in [-0.05, 0) is 5.92 Å². The van der Waals surface area contributed by atoms with Crippen LogP contribution in [0.4, 0.5) is 0 Å². The Kier molecular flexibility index (Phi) is 2.67. The molecule has 2 heterocycles. The summed E-state index contributed by atoms with van der Waals surface area (Å²) in [6.07, 6.45) is 0. The van der Waals surface area contributed by atoms with Crippen molar-refractivity contribution in [3.63, 3.8) is 0 Å². The van der Waals surface area contributed by atoms with Gasteiger partial charge in [-0.25, -0.2) is 13.8 Å². The summed E-state index contributed by atoms with van der Waals surface area (Å²) in [5.74, 6) is 0.760. The van der Waals surface area contributed by atoms with Crippen LogP contribution in [0.1, 0.15) is 18.8 Å². The molecule has 0 aromatic carbocycles. The maximum atomic E-state index is 10.9. The third kappa shape index (κ3) is 2.12. The highest BCUT2D eigenvalue weighted by atomic mass is 35.7. The molecule has 1 aromatic heterocycles. The summed E-state index contributed by atoms with van der Waals surface area (Å²) in [4.78, 5) is 3.82. The summed E-state index contributed by atoms with van der Waals surface area (Å²) in [5, 5.41) is 5.71. The van der Waals surface area contributed by atoms with Crippen LogP contribution in [0.5, 0.6) is 0 Å². The summed E-state index contributed by atoms with van der Waals surface area (Å²) in [7, 11) is 1.25. The average molecular weight is 252 g/mol. The van der Waals surface area contributed by atoms with E-state index in [1.807, 2.05) is 6.92 Å². The van der Waals surface area contributed by atoms with E-state index in [-0.39, 0.29) is 11.2 Å². The van der Waals surface area contributed by atoms with E-state index in [0.29, 0.717) is 11.7 Å². The third-order valence-corrected chi connectivity index (χ3v) is 3.28. The molecule has 1 aromatic rings. The Morgan fingerprint density at radius 1 is 1.53 bits per heavy atom. The lowest BCUT2D eigenvalue weighted by atomic mass is 10.0. The first kappa shape index (κ1) is 10.8. The van der Waals surface area contributed by atoms with Gasteiger partial charge in [0.1, 0.15) is 5.82 Å². The van der Waals surface area contributed by atoms with Gasteiger partial charge >= 0.3 is 0 Å². The number of aromatic amines is 1. The molecule has 3 N–H and O–H groups in total. The summed E-state index contributed by atoms with van der Waals surface area (Å²) >= 11 is 0. The second-order valence-corrected chi connectivity index (χ2v) is 5.88. The number of H-pyrrole nitrogens is 1. The lowest BCUT2D eigenvalue weighted by Gasteiger charge is -2.09. The van der Waals surface area contributed by atoms with Gasteiger partial charge < -0.3 is 0 Å². The molecule has 9 heteroatoms. The van der Waals surface area contributed by atoms with E-state index < -0.39 is 9.05 Å². The van der Waals surface area contributed by atoms with Gasteiger partial charge in [0.15, 0.2) is 0 Å². The van der Waals surface area contributed by atoms with Gasteiger partial charge in [0.05, 0.1) is 6.04 Å². The van der Waals surface area contributed by atoms with Gasteiger partial charge in [0.2, 0.25) is 0 Å². The predicted octanol–water partition coefficient (Wildman–Crippen LogP) is -0.483. The van der Waals surface area contributed by atoms with Crippen LogP contribution in [0.2, 0.25) is 0 Å². The standard InChI is InChI=1S/C6H10ClN5O2S/c1-3-2-8-10-4(3)5-9-6(12-11-5)15(7,13)14/h3-4,8,10H,2H2,1H3,(H,9,11,12). The molecule has 2 unspecified atom stereocenters. The van der Waals surface area contributed by atoms with Crippen molar-refractivity contribution >= 4 is 19.7 Å². The highest BCUT2D eigenvalue weighted by molar-refractivity contribution is 8.13. The number of halogens is 1. The van der Waals surface area contributed by atoms with E-state index >= 15 is 0 Å². The van der Waals surface area contributed by atoms with Gasteiger partial charge in [0, 0.05) is 17.2 Å². The van der Waals surface area contributed by atoms with Crippen LogP contribution in [0.3, 0.4) is 0 Å². The molecule has 0 radical (unpaired) electrons. The lowest BCUT2D eigenvalue weighted by Crippen LogP contribution is -2.25. The molecule has 15 heavy (non-hydrogen) atoms. The Bertz CT molecular complexity index is 458. The molecule has 2 atom stereocenters. The molecular formula is C6H10ClN5O2S. The Morgan fingerprint density at radius 2 is 2.27 bits per heavy atom. The van der Waals surface area contributed by atoms with Crippen molar-refractivity contribution in [2.75, 3.05) is 6.54 Å². The predicted molar refractivity (Wildman–Crippen MR) is 52.5 cm³/mol. The molecule has 1 fully saturated rings. The minimum Gasteiger partial charge on any atom is -0.261 e. The van der Waals surface area contributed by atoms with Crippen molar-refractivity contribution in [3.8, 4) is 0 Å². The van der Waals surface area contributed by atoms with Crippen LogP contribution in [-0.2, 0) is 9.05 Å². The summed E-state index contributed by atoms with van der Waals surface area (Å²) < 4.78 is 21.9. The molecule has 0 amide bonds. The molecule has 0 saturated carbocycles. The summed E-state index contributed by atoms with van der Waals surface area (Å²) in [5.41, 5.74) is 5.91. The van der Waals surface area contributed by atoms with Crippen molar-refractivity contribution in [1.29, 1.82) is 0 Å². The highest BCUT2D eigenvalue weighted by Crippen LogP contribution is 2.22. The normalized spacial score (nSPS) is 27.1. The van der Waals surface area contributed by atoms with Crippen LogP contribution in [0.25, 0.3) is 0 Å². The zero-order valence-corrected chi connectivity index (χ0v) is 9.43. The largest absolute Gasteiger partial charge is 0.298 e. The maximum absolute atomic E-state index is 10.9. The number of nitrogens with one attached hydrogen (secondary N) is 3. The van der Waals surface area contributed by atoms with Gasteiger partial charge in [-0.2, -0.15) is 4.98 Å². The quantitative estimate of drug-likeness (QED) is 0.614. The van der Waals surface area contributed by atoms with Crippen molar-refractivity contribution in [3.05, 3.63) is 5.82 Å². The first-order valence-corrected chi connectivity index (χ1v) is 6.65. The maximum Gasteiger partial charge on any atom is 0.298 e. The second-order valence-electron chi connectivity index (χ2n) is 3.42. The van der Waals surface area contributed by atoms with Crippen LogP contribution in [0, 0.1) is 5.92 Å².